The summed E-state index contributed by atoms with van der Waals surface area (Å²) >= 11 is 0. The number of nitrogens with zero attached hydrogens (tertiary/aromatic N) is 3. The summed E-state index contributed by atoms with van der Waals surface area (Å²) in [4.78, 5) is 15.2. The van der Waals surface area contributed by atoms with Crippen molar-refractivity contribution in [2.45, 2.75) is 52.6 Å². The zero-order chi connectivity index (χ0) is 18.0. The van der Waals surface area contributed by atoms with E-state index in [1.54, 1.807) is 0 Å². The van der Waals surface area contributed by atoms with E-state index in [1.165, 1.54) is 5.69 Å². The van der Waals surface area contributed by atoms with Crippen LogP contribution in [0.25, 0.3) is 0 Å². The van der Waals surface area contributed by atoms with E-state index in [-0.39, 0.29) is 5.91 Å². The molecule has 6 nitrogen and oxygen atoms in total. The summed E-state index contributed by atoms with van der Waals surface area (Å²) in [5.41, 5.74) is 2.87. The lowest BCUT2D eigenvalue weighted by Gasteiger charge is -2.32. The Morgan fingerprint density at radius 3 is 2.80 bits per heavy atom. The summed E-state index contributed by atoms with van der Waals surface area (Å²) in [6.07, 6.45) is 3.00. The minimum absolute atomic E-state index is 0.119. The Labute approximate surface area is 149 Å². The van der Waals surface area contributed by atoms with Crippen molar-refractivity contribution in [1.29, 1.82) is 0 Å². The molecule has 3 rings (SSSR count). The molecule has 0 aliphatic heterocycles. The highest BCUT2D eigenvalue weighted by Crippen LogP contribution is 2.27. The molecule has 6 heteroatoms. The molecule has 0 spiro atoms. The van der Waals surface area contributed by atoms with Crippen LogP contribution in [0.4, 0.5) is 0 Å². The smallest absolute Gasteiger partial charge is 0.272 e. The Morgan fingerprint density at radius 1 is 1.40 bits per heavy atom. The Hall–Kier alpha value is -2.08. The van der Waals surface area contributed by atoms with Crippen LogP contribution in [0.15, 0.2) is 16.5 Å². The Morgan fingerprint density at radius 2 is 2.16 bits per heavy atom. The van der Waals surface area contributed by atoms with Crippen LogP contribution in [0.1, 0.15) is 53.5 Å². The number of likely N-dealkylation sites (N-methyl/N-ethyl adjacent to an activating group) is 1. The topological polar surface area (TPSA) is 63.3 Å². The first-order valence-electron chi connectivity index (χ1n) is 9.15. The molecule has 0 saturated heterocycles. The van der Waals surface area contributed by atoms with Crippen LogP contribution in [-0.4, -0.2) is 39.7 Å². The van der Waals surface area contributed by atoms with Gasteiger partial charge < -0.3 is 14.6 Å². The summed E-state index contributed by atoms with van der Waals surface area (Å²) in [7, 11) is 1.93. The number of carbonyl (C=O) groups is 1. The highest BCUT2D eigenvalue weighted by Gasteiger charge is 2.30. The Balaban J connectivity index is 1.75. The molecule has 25 heavy (non-hydrogen) atoms. The van der Waals surface area contributed by atoms with Gasteiger partial charge in [0.1, 0.15) is 11.5 Å². The number of amides is 1. The number of hydrogen-bond donors (Lipinski definition) is 1. The van der Waals surface area contributed by atoms with Crippen molar-refractivity contribution < 1.29 is 9.21 Å². The maximum atomic E-state index is 12.7. The van der Waals surface area contributed by atoms with E-state index in [4.69, 9.17) is 4.42 Å². The molecule has 1 atom stereocenters. The van der Waals surface area contributed by atoms with Gasteiger partial charge in [-0.1, -0.05) is 13.8 Å². The van der Waals surface area contributed by atoms with Crippen LogP contribution >= 0.6 is 0 Å². The van der Waals surface area contributed by atoms with E-state index in [1.807, 2.05) is 30.8 Å². The maximum Gasteiger partial charge on any atom is 0.272 e. The largest absolute Gasteiger partial charge is 0.465 e. The fraction of sp³-hybridized carbons (Fsp3) is 0.579. The third kappa shape index (κ3) is 3.63. The number of fused-ring (bicyclic) bond motifs is 1. The third-order valence-corrected chi connectivity index (χ3v) is 5.19. The molecule has 2 aromatic heterocycles. The number of nitrogens with one attached hydrogen (secondary N) is 1. The SMILES string of the molecule is CCN(CC)[C@H]1CCc2c(c(C(=O)NCc3ccc(C)o3)nn2C)C1. The maximum absolute atomic E-state index is 12.7. The number of furan rings is 1. The summed E-state index contributed by atoms with van der Waals surface area (Å²) in [5, 5.41) is 7.45. The molecular weight excluding hydrogens is 316 g/mol. The van der Waals surface area contributed by atoms with Gasteiger partial charge in [0, 0.05) is 24.3 Å². The van der Waals surface area contributed by atoms with E-state index < -0.39 is 0 Å². The number of hydrogen-bond acceptors (Lipinski definition) is 4. The van der Waals surface area contributed by atoms with E-state index in [0.29, 0.717) is 18.3 Å². The second-order valence-corrected chi connectivity index (χ2v) is 6.71. The third-order valence-electron chi connectivity index (χ3n) is 5.19. The van der Waals surface area contributed by atoms with Crippen LogP contribution in [0.2, 0.25) is 0 Å². The van der Waals surface area contributed by atoms with Gasteiger partial charge in [0.25, 0.3) is 5.91 Å². The molecule has 1 aliphatic carbocycles. The first-order chi connectivity index (χ1) is 12.0. The molecule has 2 aromatic rings. The van der Waals surface area contributed by atoms with Crippen molar-refractivity contribution in [1.82, 2.24) is 20.0 Å². The van der Waals surface area contributed by atoms with E-state index in [0.717, 1.165) is 49.4 Å². The van der Waals surface area contributed by atoms with Gasteiger partial charge in [-0.15, -0.1) is 0 Å². The van der Waals surface area contributed by atoms with Gasteiger partial charge in [-0.25, -0.2) is 0 Å². The summed E-state index contributed by atoms with van der Waals surface area (Å²) in [6.45, 7) is 8.75. The van der Waals surface area contributed by atoms with Gasteiger partial charge in [-0.3, -0.25) is 9.48 Å². The van der Waals surface area contributed by atoms with E-state index in [2.05, 4.69) is 29.2 Å². The van der Waals surface area contributed by atoms with Gasteiger partial charge in [0.05, 0.1) is 6.54 Å². The van der Waals surface area contributed by atoms with Gasteiger partial charge in [-0.2, -0.15) is 5.10 Å². The Bertz CT molecular complexity index is 743. The average molecular weight is 344 g/mol. The van der Waals surface area contributed by atoms with Crippen molar-refractivity contribution in [2.75, 3.05) is 13.1 Å². The average Bonchev–Trinajstić information content (AvgIpc) is 3.17. The first-order valence-corrected chi connectivity index (χ1v) is 9.15. The molecule has 1 N–H and O–H groups in total. The lowest BCUT2D eigenvalue weighted by molar-refractivity contribution is 0.0940. The van der Waals surface area contributed by atoms with Crippen LogP contribution < -0.4 is 5.32 Å². The minimum Gasteiger partial charge on any atom is -0.465 e. The quantitative estimate of drug-likeness (QED) is 0.874. The molecule has 1 amide bonds. The fourth-order valence-corrected chi connectivity index (χ4v) is 3.84. The molecular formula is C19H28N4O2. The molecule has 0 radical (unpaired) electrons. The van der Waals surface area contributed by atoms with Gasteiger partial charge in [0.15, 0.2) is 5.69 Å². The molecule has 0 aromatic carbocycles. The lowest BCUT2D eigenvalue weighted by Crippen LogP contribution is -2.39. The standard InChI is InChI=1S/C19H28N4O2/c1-5-23(6-2)14-8-10-17-16(11-14)18(21-22(17)4)19(24)20-12-15-9-7-13(3)25-15/h7,9,14H,5-6,8,10-12H2,1-4H3,(H,20,24)/t14-/m0/s1. The van der Waals surface area contributed by atoms with Crippen LogP contribution in [-0.2, 0) is 26.4 Å². The van der Waals surface area contributed by atoms with Crippen LogP contribution in [0, 0.1) is 6.92 Å². The second kappa shape index (κ2) is 7.44. The van der Waals surface area contributed by atoms with Gasteiger partial charge >= 0.3 is 0 Å². The second-order valence-electron chi connectivity index (χ2n) is 6.71. The number of aromatic nitrogens is 2. The monoisotopic (exact) mass is 344 g/mol. The molecule has 0 bridgehead atoms. The summed E-state index contributed by atoms with van der Waals surface area (Å²) < 4.78 is 7.39. The molecule has 2 heterocycles. The zero-order valence-electron chi connectivity index (χ0n) is 15.6. The van der Waals surface area contributed by atoms with Crippen LogP contribution in [0.5, 0.6) is 0 Å². The fourth-order valence-electron chi connectivity index (χ4n) is 3.84. The van der Waals surface area contributed by atoms with Crippen LogP contribution in [0.3, 0.4) is 0 Å². The van der Waals surface area contributed by atoms with E-state index >= 15 is 0 Å². The minimum atomic E-state index is -0.119. The molecule has 1 aliphatic rings. The van der Waals surface area contributed by atoms with E-state index in [9.17, 15) is 4.79 Å². The predicted molar refractivity (Wildman–Crippen MR) is 96.6 cm³/mol. The highest BCUT2D eigenvalue weighted by molar-refractivity contribution is 5.94. The van der Waals surface area contributed by atoms with Crippen molar-refractivity contribution in [3.63, 3.8) is 0 Å². The van der Waals surface area contributed by atoms with Crippen molar-refractivity contribution in [3.05, 3.63) is 40.6 Å². The van der Waals surface area contributed by atoms with Crippen molar-refractivity contribution in [3.8, 4) is 0 Å². The Kier molecular flexibility index (Phi) is 5.27. The predicted octanol–water partition coefficient (Wildman–Crippen LogP) is 2.45. The summed E-state index contributed by atoms with van der Waals surface area (Å²) in [6, 6.07) is 4.28. The molecule has 0 saturated carbocycles. The highest BCUT2D eigenvalue weighted by atomic mass is 16.3. The molecule has 0 unspecified atom stereocenters. The number of carbonyl (C=O) groups excluding carboxylic acids is 1. The first kappa shape index (κ1) is 17.7. The van der Waals surface area contributed by atoms with Crippen molar-refractivity contribution in [2.24, 2.45) is 7.05 Å². The van der Waals surface area contributed by atoms with Crippen molar-refractivity contribution >= 4 is 5.91 Å². The lowest BCUT2D eigenvalue weighted by atomic mass is 9.90. The molecule has 0 fully saturated rings. The number of aryl methyl sites for hydroxylation is 2. The molecule has 136 valence electrons. The number of rotatable bonds is 6. The zero-order valence-corrected chi connectivity index (χ0v) is 15.6. The van der Waals surface area contributed by atoms with Gasteiger partial charge in [-0.05, 0) is 51.4 Å². The normalized spacial score (nSPS) is 16.9. The van der Waals surface area contributed by atoms with Gasteiger partial charge in [0.2, 0.25) is 0 Å². The summed E-state index contributed by atoms with van der Waals surface area (Å²) in [5.74, 6) is 1.49.